The standard InChI is InChI=1S/C30H18F6O6S3/c31-29(32,33)41-19-5-1-3-15(9-19)23-11-17(13-25(37)38)27(44-23)21-7-8-22(43-21)28-18(14-26(39)40)12-24(45-28)16-4-2-6-20(10-16)42-30(34,35)36/h1-12H,13-14H2,(H,37,38)(H,39,40). The number of rotatable bonds is 10. The summed E-state index contributed by atoms with van der Waals surface area (Å²) in [5.41, 5.74) is 1.63. The molecule has 45 heavy (non-hydrogen) atoms. The molecule has 6 nitrogen and oxygen atoms in total. The Morgan fingerprint density at radius 1 is 0.578 bits per heavy atom. The van der Waals surface area contributed by atoms with Gasteiger partial charge in [-0.1, -0.05) is 24.3 Å². The number of alkyl halides is 6. The molecule has 5 aromatic rings. The van der Waals surface area contributed by atoms with Crippen molar-refractivity contribution in [3.8, 4) is 51.9 Å². The van der Waals surface area contributed by atoms with E-state index < -0.39 is 36.2 Å². The van der Waals surface area contributed by atoms with E-state index in [1.54, 1.807) is 36.4 Å². The highest BCUT2D eigenvalue weighted by Gasteiger charge is 2.32. The molecular weight excluding hydrogens is 667 g/mol. The summed E-state index contributed by atoms with van der Waals surface area (Å²) in [6.45, 7) is 0. The van der Waals surface area contributed by atoms with Crippen LogP contribution in [0.2, 0.25) is 0 Å². The molecule has 0 aliphatic heterocycles. The maximum atomic E-state index is 12.8. The van der Waals surface area contributed by atoms with Crippen LogP contribution in [0.1, 0.15) is 11.1 Å². The van der Waals surface area contributed by atoms with Crippen LogP contribution in [-0.2, 0) is 22.4 Å². The first-order chi connectivity index (χ1) is 21.1. The molecule has 0 bridgehead atoms. The third-order valence-electron chi connectivity index (χ3n) is 6.06. The van der Waals surface area contributed by atoms with E-state index in [4.69, 9.17) is 0 Å². The predicted molar refractivity (Wildman–Crippen MR) is 158 cm³/mol. The second-order valence-electron chi connectivity index (χ2n) is 9.39. The molecule has 0 aliphatic rings. The highest BCUT2D eigenvalue weighted by Crippen LogP contribution is 2.47. The lowest BCUT2D eigenvalue weighted by atomic mass is 10.1. The van der Waals surface area contributed by atoms with Crippen LogP contribution < -0.4 is 9.47 Å². The molecule has 2 aromatic carbocycles. The summed E-state index contributed by atoms with van der Waals surface area (Å²) in [5.74, 6) is -3.09. The van der Waals surface area contributed by atoms with Gasteiger partial charge in [-0.25, -0.2) is 0 Å². The second kappa shape index (κ2) is 12.6. The summed E-state index contributed by atoms with van der Waals surface area (Å²) in [6.07, 6.45) is -10.5. The lowest BCUT2D eigenvalue weighted by molar-refractivity contribution is -0.275. The van der Waals surface area contributed by atoms with Crippen LogP contribution in [0.4, 0.5) is 26.3 Å². The van der Waals surface area contributed by atoms with Gasteiger partial charge in [-0.05, 0) is 70.8 Å². The Balaban J connectivity index is 1.52. The molecule has 0 radical (unpaired) electrons. The summed E-state index contributed by atoms with van der Waals surface area (Å²) in [4.78, 5) is 26.7. The molecule has 0 saturated heterocycles. The number of halogens is 6. The summed E-state index contributed by atoms with van der Waals surface area (Å²) in [7, 11) is 0. The number of benzene rings is 2. The average molecular weight is 685 g/mol. The van der Waals surface area contributed by atoms with Crippen molar-refractivity contribution >= 4 is 45.9 Å². The zero-order valence-electron chi connectivity index (χ0n) is 22.4. The van der Waals surface area contributed by atoms with Crippen molar-refractivity contribution in [2.45, 2.75) is 25.6 Å². The Morgan fingerprint density at radius 3 is 1.33 bits per heavy atom. The number of carboxylic acid groups (broad SMARTS) is 2. The quantitative estimate of drug-likeness (QED) is 0.142. The summed E-state index contributed by atoms with van der Waals surface area (Å²) >= 11 is 3.61. The fraction of sp³-hybridized carbons (Fsp3) is 0.133. The first kappa shape index (κ1) is 32.1. The SMILES string of the molecule is O=C(O)Cc1cc(-c2cccc(OC(F)(F)F)c2)sc1-c1ccc(-c2sc(-c3cccc(OC(F)(F)F)c3)cc2CC(=O)O)s1. The highest BCUT2D eigenvalue weighted by atomic mass is 32.1. The van der Waals surface area contributed by atoms with Gasteiger partial charge in [-0.15, -0.1) is 60.4 Å². The predicted octanol–water partition coefficient (Wildman–Crippen LogP) is 9.59. The van der Waals surface area contributed by atoms with Crippen molar-refractivity contribution < 1.29 is 55.6 Å². The molecule has 5 rings (SSSR count). The molecule has 0 unspecified atom stereocenters. The summed E-state index contributed by atoms with van der Waals surface area (Å²) < 4.78 is 84.6. The number of hydrogen-bond acceptors (Lipinski definition) is 7. The van der Waals surface area contributed by atoms with Crippen LogP contribution in [0, 0.1) is 0 Å². The number of thiophene rings is 3. The van der Waals surface area contributed by atoms with Gasteiger partial charge in [0, 0.05) is 29.3 Å². The number of carbonyl (C=O) groups is 2. The molecule has 0 saturated carbocycles. The zero-order chi connectivity index (χ0) is 32.5. The maximum absolute atomic E-state index is 12.8. The molecule has 2 N–H and O–H groups in total. The third kappa shape index (κ3) is 8.23. The lowest BCUT2D eigenvalue weighted by Gasteiger charge is -2.09. The van der Waals surface area contributed by atoms with Crippen LogP contribution in [0.15, 0.2) is 72.8 Å². The normalized spacial score (nSPS) is 11.9. The van der Waals surface area contributed by atoms with Crippen molar-refractivity contribution in [2.75, 3.05) is 0 Å². The molecule has 0 amide bonds. The molecule has 0 aliphatic carbocycles. The Morgan fingerprint density at radius 2 is 0.978 bits per heavy atom. The van der Waals surface area contributed by atoms with Gasteiger partial charge in [0.25, 0.3) is 0 Å². The second-order valence-corrected chi connectivity index (χ2v) is 12.6. The Hall–Kier alpha value is -4.34. The number of hydrogen-bond donors (Lipinski definition) is 2. The van der Waals surface area contributed by atoms with Gasteiger partial charge >= 0.3 is 24.7 Å². The van der Waals surface area contributed by atoms with Crippen LogP contribution >= 0.6 is 34.0 Å². The van der Waals surface area contributed by atoms with E-state index in [0.29, 0.717) is 51.5 Å². The smallest absolute Gasteiger partial charge is 0.481 e. The minimum atomic E-state index is -4.89. The molecule has 3 aromatic heterocycles. The van der Waals surface area contributed by atoms with Gasteiger partial charge < -0.3 is 19.7 Å². The van der Waals surface area contributed by atoms with Gasteiger partial charge in [0.15, 0.2) is 0 Å². The van der Waals surface area contributed by atoms with Gasteiger partial charge in [-0.3, -0.25) is 9.59 Å². The maximum Gasteiger partial charge on any atom is 0.573 e. The largest absolute Gasteiger partial charge is 0.573 e. The van der Waals surface area contributed by atoms with Crippen molar-refractivity contribution in [1.29, 1.82) is 0 Å². The van der Waals surface area contributed by atoms with Gasteiger partial charge in [0.05, 0.1) is 12.8 Å². The first-order valence-electron chi connectivity index (χ1n) is 12.7. The van der Waals surface area contributed by atoms with Crippen molar-refractivity contribution in [1.82, 2.24) is 0 Å². The highest BCUT2D eigenvalue weighted by molar-refractivity contribution is 7.28. The fourth-order valence-electron chi connectivity index (χ4n) is 4.42. The minimum absolute atomic E-state index is 0.360. The average Bonchev–Trinajstić information content (AvgIpc) is 3.65. The molecule has 0 atom stereocenters. The minimum Gasteiger partial charge on any atom is -0.481 e. The Labute approximate surface area is 262 Å². The molecule has 0 fully saturated rings. The zero-order valence-corrected chi connectivity index (χ0v) is 24.8. The lowest BCUT2D eigenvalue weighted by Crippen LogP contribution is -2.17. The van der Waals surface area contributed by atoms with E-state index in [1.165, 1.54) is 58.3 Å². The number of aliphatic carboxylic acids is 2. The summed E-state index contributed by atoms with van der Waals surface area (Å²) in [6, 6.07) is 17.3. The van der Waals surface area contributed by atoms with Gasteiger partial charge in [0.2, 0.25) is 0 Å². The van der Waals surface area contributed by atoms with Crippen LogP contribution in [0.3, 0.4) is 0 Å². The van der Waals surface area contributed by atoms with Crippen molar-refractivity contribution in [3.05, 3.63) is 83.9 Å². The van der Waals surface area contributed by atoms with Crippen molar-refractivity contribution in [2.24, 2.45) is 0 Å². The summed E-state index contributed by atoms with van der Waals surface area (Å²) in [5, 5.41) is 19.0. The van der Waals surface area contributed by atoms with E-state index in [2.05, 4.69) is 9.47 Å². The Kier molecular flexibility index (Phi) is 8.96. The van der Waals surface area contributed by atoms with Gasteiger partial charge in [0.1, 0.15) is 11.5 Å². The van der Waals surface area contributed by atoms with Crippen LogP contribution in [0.5, 0.6) is 11.5 Å². The third-order valence-corrected chi connectivity index (χ3v) is 9.96. The van der Waals surface area contributed by atoms with Crippen molar-refractivity contribution in [3.63, 3.8) is 0 Å². The van der Waals surface area contributed by atoms with E-state index >= 15 is 0 Å². The molecule has 15 heteroatoms. The van der Waals surface area contributed by atoms with E-state index in [1.807, 2.05) is 0 Å². The van der Waals surface area contributed by atoms with E-state index in [9.17, 15) is 46.1 Å². The Bertz CT molecular complexity index is 1740. The van der Waals surface area contributed by atoms with E-state index in [0.717, 1.165) is 12.1 Å². The molecular formula is C30H18F6O6S3. The molecule has 234 valence electrons. The van der Waals surface area contributed by atoms with Gasteiger partial charge in [-0.2, -0.15) is 0 Å². The van der Waals surface area contributed by atoms with Crippen LogP contribution in [-0.4, -0.2) is 34.9 Å². The fourth-order valence-corrected chi connectivity index (χ4v) is 8.07. The molecule has 0 spiro atoms. The first-order valence-corrected chi connectivity index (χ1v) is 15.1. The number of carboxylic acids is 2. The van der Waals surface area contributed by atoms with E-state index in [-0.39, 0.29) is 12.8 Å². The van der Waals surface area contributed by atoms with Crippen LogP contribution in [0.25, 0.3) is 40.4 Å². The monoisotopic (exact) mass is 684 g/mol. The number of ether oxygens (including phenoxy) is 2. The molecule has 3 heterocycles. The topological polar surface area (TPSA) is 93.1 Å².